The van der Waals surface area contributed by atoms with Crippen molar-refractivity contribution in [2.24, 2.45) is 4.99 Å². The molecule has 0 bridgehead atoms. The maximum absolute atomic E-state index is 13.7. The Labute approximate surface area is 191 Å². The molecule has 2 aliphatic heterocycles. The first kappa shape index (κ1) is 20.4. The average Bonchev–Trinajstić information content (AvgIpc) is 2.98. The van der Waals surface area contributed by atoms with Crippen LogP contribution in [-0.4, -0.2) is 32.9 Å². The lowest BCUT2D eigenvalue weighted by molar-refractivity contribution is 0.0989. The molecule has 7 heteroatoms. The summed E-state index contributed by atoms with van der Waals surface area (Å²) in [5.41, 5.74) is 4.59. The SMILES string of the molecule is COc1ccc(C2=Nc3cc(Cl)ccc3N3C(=O)c4c(ccc(OC)c4OC)[C@H]3C2)cc1. The number of aliphatic imine (C=N–C) groups is 1. The van der Waals surface area contributed by atoms with E-state index in [1.165, 1.54) is 0 Å². The summed E-state index contributed by atoms with van der Waals surface area (Å²) in [6, 6.07) is 16.7. The van der Waals surface area contributed by atoms with Crippen LogP contribution in [0.4, 0.5) is 11.4 Å². The minimum atomic E-state index is -0.236. The number of fused-ring (bicyclic) bond motifs is 5. The second kappa shape index (κ2) is 7.88. The van der Waals surface area contributed by atoms with Crippen LogP contribution in [0, 0.1) is 0 Å². The number of ether oxygens (including phenoxy) is 3. The zero-order valence-corrected chi connectivity index (χ0v) is 18.6. The number of hydrogen-bond acceptors (Lipinski definition) is 5. The van der Waals surface area contributed by atoms with E-state index in [0.717, 1.165) is 22.6 Å². The molecule has 6 nitrogen and oxygen atoms in total. The van der Waals surface area contributed by atoms with Gasteiger partial charge >= 0.3 is 0 Å². The minimum absolute atomic E-state index is 0.143. The summed E-state index contributed by atoms with van der Waals surface area (Å²) in [4.78, 5) is 20.4. The van der Waals surface area contributed by atoms with Gasteiger partial charge in [0.05, 0.1) is 50.0 Å². The smallest absolute Gasteiger partial charge is 0.263 e. The van der Waals surface area contributed by atoms with Crippen molar-refractivity contribution in [2.75, 3.05) is 26.2 Å². The lowest BCUT2D eigenvalue weighted by Gasteiger charge is -2.24. The van der Waals surface area contributed by atoms with E-state index in [-0.39, 0.29) is 11.9 Å². The van der Waals surface area contributed by atoms with Crippen molar-refractivity contribution in [1.82, 2.24) is 0 Å². The molecule has 3 aromatic carbocycles. The molecule has 0 N–H and O–H groups in total. The van der Waals surface area contributed by atoms with Crippen molar-refractivity contribution in [3.05, 3.63) is 76.3 Å². The summed E-state index contributed by atoms with van der Waals surface area (Å²) in [6.45, 7) is 0. The number of amides is 1. The first-order chi connectivity index (χ1) is 15.5. The topological polar surface area (TPSA) is 60.4 Å². The molecule has 0 saturated carbocycles. The number of methoxy groups -OCH3 is 3. The van der Waals surface area contributed by atoms with Gasteiger partial charge in [-0.15, -0.1) is 0 Å². The number of hydrogen-bond donors (Lipinski definition) is 0. The van der Waals surface area contributed by atoms with E-state index in [2.05, 4.69) is 0 Å². The minimum Gasteiger partial charge on any atom is -0.497 e. The molecular weight excluding hydrogens is 428 g/mol. The first-order valence-electron chi connectivity index (χ1n) is 10.2. The number of anilines is 1. The van der Waals surface area contributed by atoms with Gasteiger partial charge in [0.15, 0.2) is 11.5 Å². The number of carbonyl (C=O) groups excluding carboxylic acids is 1. The number of halogens is 1. The predicted molar refractivity (Wildman–Crippen MR) is 124 cm³/mol. The highest BCUT2D eigenvalue weighted by atomic mass is 35.5. The van der Waals surface area contributed by atoms with Gasteiger partial charge < -0.3 is 14.2 Å². The van der Waals surface area contributed by atoms with Crippen LogP contribution in [0.3, 0.4) is 0 Å². The summed E-state index contributed by atoms with van der Waals surface area (Å²) in [5.74, 6) is 1.60. The van der Waals surface area contributed by atoms with Crippen molar-refractivity contribution < 1.29 is 19.0 Å². The molecule has 1 atom stereocenters. The van der Waals surface area contributed by atoms with Gasteiger partial charge in [-0.2, -0.15) is 0 Å². The van der Waals surface area contributed by atoms with Crippen LogP contribution in [0.2, 0.25) is 5.02 Å². The van der Waals surface area contributed by atoms with Crippen molar-refractivity contribution in [3.63, 3.8) is 0 Å². The molecule has 0 saturated heterocycles. The molecule has 2 aliphatic rings. The van der Waals surface area contributed by atoms with Crippen LogP contribution < -0.4 is 19.1 Å². The number of rotatable bonds is 4. The maximum atomic E-state index is 13.7. The van der Waals surface area contributed by atoms with E-state index in [0.29, 0.717) is 39.9 Å². The Morgan fingerprint density at radius 2 is 1.75 bits per heavy atom. The van der Waals surface area contributed by atoms with Crippen LogP contribution >= 0.6 is 11.6 Å². The molecule has 0 aromatic heterocycles. The Balaban J connectivity index is 1.71. The highest BCUT2D eigenvalue weighted by Crippen LogP contribution is 2.50. The molecule has 3 aromatic rings. The van der Waals surface area contributed by atoms with E-state index in [4.69, 9.17) is 30.8 Å². The highest BCUT2D eigenvalue weighted by molar-refractivity contribution is 6.31. The molecule has 0 spiro atoms. The fourth-order valence-corrected chi connectivity index (χ4v) is 4.62. The zero-order chi connectivity index (χ0) is 22.4. The summed E-state index contributed by atoms with van der Waals surface area (Å²) in [6.07, 6.45) is 0.535. The molecule has 0 radical (unpaired) electrons. The van der Waals surface area contributed by atoms with E-state index in [1.807, 2.05) is 42.5 Å². The highest BCUT2D eigenvalue weighted by Gasteiger charge is 2.43. The van der Waals surface area contributed by atoms with E-state index >= 15 is 0 Å². The lowest BCUT2D eigenvalue weighted by atomic mass is 9.96. The van der Waals surface area contributed by atoms with Gasteiger partial charge in [-0.3, -0.25) is 14.7 Å². The third kappa shape index (κ3) is 3.10. The van der Waals surface area contributed by atoms with Gasteiger partial charge in [-0.25, -0.2) is 0 Å². The Hall–Kier alpha value is -3.51. The van der Waals surface area contributed by atoms with Gasteiger partial charge in [0.1, 0.15) is 5.75 Å². The average molecular weight is 449 g/mol. The van der Waals surface area contributed by atoms with Crippen LogP contribution in [0.5, 0.6) is 17.2 Å². The first-order valence-corrected chi connectivity index (χ1v) is 10.5. The predicted octanol–water partition coefficient (Wildman–Crippen LogP) is 5.59. The lowest BCUT2D eigenvalue weighted by Crippen LogP contribution is -2.28. The standard InChI is InChI=1S/C25H21ClN2O4/c1-30-16-7-4-14(5-8-16)18-13-21-17-9-11-22(31-2)24(32-3)23(17)25(29)28(21)20-10-6-15(26)12-19(20)27-18/h4-12,21H,13H2,1-3H3/t21-/m1/s1. The van der Waals surface area contributed by atoms with Crippen LogP contribution in [0.15, 0.2) is 59.6 Å². The van der Waals surface area contributed by atoms with Crippen molar-refractivity contribution in [3.8, 4) is 17.2 Å². The summed E-state index contributed by atoms with van der Waals surface area (Å²) < 4.78 is 16.3. The second-order valence-electron chi connectivity index (χ2n) is 7.58. The van der Waals surface area contributed by atoms with Gasteiger partial charge in [0, 0.05) is 11.4 Å². The molecule has 2 heterocycles. The fourth-order valence-electron chi connectivity index (χ4n) is 4.45. The number of carbonyl (C=O) groups is 1. The van der Waals surface area contributed by atoms with Gasteiger partial charge in [-0.1, -0.05) is 17.7 Å². The fraction of sp³-hybridized carbons (Fsp3) is 0.200. The maximum Gasteiger partial charge on any atom is 0.263 e. The normalized spacial score (nSPS) is 16.5. The van der Waals surface area contributed by atoms with Crippen molar-refractivity contribution >= 4 is 34.6 Å². The largest absolute Gasteiger partial charge is 0.497 e. The van der Waals surface area contributed by atoms with Crippen LogP contribution in [0.1, 0.15) is 33.9 Å². The Kier molecular flexibility index (Phi) is 5.02. The number of benzene rings is 3. The summed E-state index contributed by atoms with van der Waals surface area (Å²) >= 11 is 6.29. The molecule has 5 rings (SSSR count). The molecule has 1 amide bonds. The van der Waals surface area contributed by atoms with Gasteiger partial charge in [0.25, 0.3) is 5.91 Å². The molecule has 162 valence electrons. The number of nitrogens with zero attached hydrogens (tertiary/aromatic N) is 2. The van der Waals surface area contributed by atoms with Crippen LogP contribution in [-0.2, 0) is 0 Å². The quantitative estimate of drug-likeness (QED) is 0.522. The molecule has 0 unspecified atom stereocenters. The van der Waals surface area contributed by atoms with E-state index < -0.39 is 0 Å². The Morgan fingerprint density at radius 3 is 2.44 bits per heavy atom. The zero-order valence-electron chi connectivity index (χ0n) is 17.9. The van der Waals surface area contributed by atoms with Gasteiger partial charge in [-0.05, 0) is 59.7 Å². The summed E-state index contributed by atoms with van der Waals surface area (Å²) in [7, 11) is 4.75. The third-order valence-corrected chi connectivity index (χ3v) is 6.18. The molecule has 0 aliphatic carbocycles. The van der Waals surface area contributed by atoms with Crippen molar-refractivity contribution in [2.45, 2.75) is 12.5 Å². The summed E-state index contributed by atoms with van der Waals surface area (Å²) in [5, 5.41) is 0.559. The van der Waals surface area contributed by atoms with Gasteiger partial charge in [0.2, 0.25) is 0 Å². The van der Waals surface area contributed by atoms with Crippen molar-refractivity contribution in [1.29, 1.82) is 0 Å². The Morgan fingerprint density at radius 1 is 0.969 bits per heavy atom. The molecule has 0 fully saturated rings. The Bertz CT molecular complexity index is 1250. The monoisotopic (exact) mass is 448 g/mol. The third-order valence-electron chi connectivity index (χ3n) is 5.94. The van der Waals surface area contributed by atoms with E-state index in [9.17, 15) is 4.79 Å². The molecular formula is C25H21ClN2O4. The van der Waals surface area contributed by atoms with Crippen LogP contribution in [0.25, 0.3) is 0 Å². The van der Waals surface area contributed by atoms with E-state index in [1.54, 1.807) is 38.4 Å². The second-order valence-corrected chi connectivity index (χ2v) is 8.02. The molecule has 32 heavy (non-hydrogen) atoms.